The summed E-state index contributed by atoms with van der Waals surface area (Å²) in [6.07, 6.45) is 6.91. The van der Waals surface area contributed by atoms with E-state index >= 15 is 0 Å². The van der Waals surface area contributed by atoms with Crippen molar-refractivity contribution in [3.8, 4) is 0 Å². The van der Waals surface area contributed by atoms with Crippen LogP contribution >= 0.6 is 0 Å². The molecule has 0 nitrogen and oxygen atoms in total. The molecule has 0 amide bonds. The van der Waals surface area contributed by atoms with Crippen LogP contribution in [0.5, 0.6) is 0 Å². The molecule has 0 aromatic carbocycles. The molecule has 4 unspecified atom stereocenters. The van der Waals surface area contributed by atoms with Gasteiger partial charge in [0, 0.05) is 0 Å². The van der Waals surface area contributed by atoms with Gasteiger partial charge in [-0.1, -0.05) is 69.2 Å². The molecule has 0 saturated carbocycles. The maximum absolute atomic E-state index is 2.49. The van der Waals surface area contributed by atoms with Gasteiger partial charge in [0.2, 0.25) is 0 Å². The van der Waals surface area contributed by atoms with E-state index in [-0.39, 0.29) is 0 Å². The van der Waals surface area contributed by atoms with Crippen LogP contribution < -0.4 is 0 Å². The fourth-order valence-electron chi connectivity index (χ4n) is 4.03. The van der Waals surface area contributed by atoms with Crippen molar-refractivity contribution < 1.29 is 0 Å². The summed E-state index contributed by atoms with van der Waals surface area (Å²) in [5.41, 5.74) is 0.496. The standard InChI is InChI=1S/C22H46/c1-16(2)13-19(6)18(5)11-12-22(9,10)15-21(8)20(7)14-17(3)4/h16-21H,11-15H2,1-10H3. The van der Waals surface area contributed by atoms with E-state index in [0.29, 0.717) is 5.41 Å². The number of hydrogen-bond acceptors (Lipinski definition) is 0. The molecule has 4 atom stereocenters. The van der Waals surface area contributed by atoms with Gasteiger partial charge < -0.3 is 0 Å². The molecule has 0 fully saturated rings. The summed E-state index contributed by atoms with van der Waals surface area (Å²) in [5, 5.41) is 0. The lowest BCUT2D eigenvalue weighted by Gasteiger charge is -2.33. The second kappa shape index (κ2) is 9.99. The van der Waals surface area contributed by atoms with Crippen LogP contribution in [0.25, 0.3) is 0 Å². The molecule has 0 aromatic heterocycles. The average Bonchev–Trinajstić information content (AvgIpc) is 2.33. The molecule has 0 spiro atoms. The first-order valence-corrected chi connectivity index (χ1v) is 9.94. The van der Waals surface area contributed by atoms with Gasteiger partial charge in [0.15, 0.2) is 0 Å². The zero-order valence-electron chi connectivity index (χ0n) is 17.5. The Kier molecular flexibility index (Phi) is 9.99. The van der Waals surface area contributed by atoms with Crippen LogP contribution in [0.3, 0.4) is 0 Å². The molecule has 0 aliphatic heterocycles. The maximum Gasteiger partial charge on any atom is -0.0351 e. The summed E-state index contributed by atoms with van der Waals surface area (Å²) in [5.74, 6) is 5.11. The molecule has 0 heterocycles. The summed E-state index contributed by atoms with van der Waals surface area (Å²) in [4.78, 5) is 0. The molecule has 0 rings (SSSR count). The Morgan fingerprint density at radius 2 is 1.00 bits per heavy atom. The first kappa shape index (κ1) is 22.0. The van der Waals surface area contributed by atoms with Gasteiger partial charge >= 0.3 is 0 Å². The lowest BCUT2D eigenvalue weighted by Crippen LogP contribution is -2.22. The smallest absolute Gasteiger partial charge is 0.0351 e. The summed E-state index contributed by atoms with van der Waals surface area (Å²) in [6, 6.07) is 0. The maximum atomic E-state index is 2.49. The quantitative estimate of drug-likeness (QED) is 0.365. The fraction of sp³-hybridized carbons (Fsp3) is 1.00. The van der Waals surface area contributed by atoms with Gasteiger partial charge in [-0.15, -0.1) is 0 Å². The summed E-state index contributed by atoms with van der Waals surface area (Å²) in [7, 11) is 0. The second-order valence-electron chi connectivity index (χ2n) is 10.1. The predicted octanol–water partition coefficient (Wildman–Crippen LogP) is 7.82. The molecule has 0 aliphatic carbocycles. The van der Waals surface area contributed by atoms with E-state index in [2.05, 4.69) is 69.2 Å². The SMILES string of the molecule is CC(C)CC(C)C(C)CCC(C)(C)CC(C)C(C)CC(C)C. The lowest BCUT2D eigenvalue weighted by molar-refractivity contribution is 0.179. The highest BCUT2D eigenvalue weighted by Crippen LogP contribution is 2.37. The molecular weight excluding hydrogens is 264 g/mol. The van der Waals surface area contributed by atoms with Gasteiger partial charge in [-0.2, -0.15) is 0 Å². The van der Waals surface area contributed by atoms with E-state index < -0.39 is 0 Å². The van der Waals surface area contributed by atoms with Crippen molar-refractivity contribution in [2.24, 2.45) is 40.9 Å². The third kappa shape index (κ3) is 9.90. The first-order chi connectivity index (χ1) is 9.94. The average molecular weight is 311 g/mol. The largest absolute Gasteiger partial charge is 0.0628 e. The minimum atomic E-state index is 0.496. The Morgan fingerprint density at radius 1 is 0.591 bits per heavy atom. The molecule has 0 radical (unpaired) electrons. The Hall–Kier alpha value is 0. The Labute approximate surface area is 142 Å². The van der Waals surface area contributed by atoms with E-state index in [0.717, 1.165) is 35.5 Å². The second-order valence-corrected chi connectivity index (χ2v) is 10.1. The zero-order valence-corrected chi connectivity index (χ0v) is 17.5. The van der Waals surface area contributed by atoms with E-state index in [1.807, 2.05) is 0 Å². The van der Waals surface area contributed by atoms with E-state index in [9.17, 15) is 0 Å². The minimum Gasteiger partial charge on any atom is -0.0628 e. The van der Waals surface area contributed by atoms with Crippen LogP contribution in [-0.2, 0) is 0 Å². The molecule has 0 aliphatic rings. The number of rotatable bonds is 11. The highest BCUT2D eigenvalue weighted by molar-refractivity contribution is 4.77. The van der Waals surface area contributed by atoms with Gasteiger partial charge in [-0.3, -0.25) is 0 Å². The Morgan fingerprint density at radius 3 is 1.41 bits per heavy atom. The highest BCUT2D eigenvalue weighted by atomic mass is 14.3. The van der Waals surface area contributed by atoms with Crippen molar-refractivity contribution in [3.63, 3.8) is 0 Å². The van der Waals surface area contributed by atoms with Crippen LogP contribution in [0.15, 0.2) is 0 Å². The van der Waals surface area contributed by atoms with Crippen molar-refractivity contribution in [1.82, 2.24) is 0 Å². The van der Waals surface area contributed by atoms with Crippen molar-refractivity contribution in [1.29, 1.82) is 0 Å². The fourth-order valence-corrected chi connectivity index (χ4v) is 4.03. The third-order valence-corrected chi connectivity index (χ3v) is 5.78. The molecular formula is C22H46. The third-order valence-electron chi connectivity index (χ3n) is 5.78. The van der Waals surface area contributed by atoms with Crippen LogP contribution in [0.2, 0.25) is 0 Å². The first-order valence-electron chi connectivity index (χ1n) is 9.94. The lowest BCUT2D eigenvalue weighted by atomic mass is 9.72. The van der Waals surface area contributed by atoms with Crippen LogP contribution in [-0.4, -0.2) is 0 Å². The van der Waals surface area contributed by atoms with Gasteiger partial charge in [0.25, 0.3) is 0 Å². The normalized spacial score (nSPS) is 18.5. The van der Waals surface area contributed by atoms with Gasteiger partial charge in [-0.05, 0) is 73.0 Å². The predicted molar refractivity (Wildman–Crippen MR) is 103 cm³/mol. The summed E-state index contributed by atoms with van der Waals surface area (Å²) >= 11 is 0. The van der Waals surface area contributed by atoms with Gasteiger partial charge in [-0.25, -0.2) is 0 Å². The van der Waals surface area contributed by atoms with Crippen molar-refractivity contribution in [3.05, 3.63) is 0 Å². The number of hydrogen-bond donors (Lipinski definition) is 0. The molecule has 22 heavy (non-hydrogen) atoms. The minimum absolute atomic E-state index is 0.496. The van der Waals surface area contributed by atoms with Gasteiger partial charge in [0.05, 0.1) is 0 Å². The van der Waals surface area contributed by atoms with E-state index in [1.54, 1.807) is 0 Å². The summed E-state index contributed by atoms with van der Waals surface area (Å²) in [6.45, 7) is 24.2. The Bertz CT molecular complexity index is 274. The van der Waals surface area contributed by atoms with Crippen LogP contribution in [0.4, 0.5) is 0 Å². The van der Waals surface area contributed by atoms with Crippen molar-refractivity contribution >= 4 is 0 Å². The molecule has 0 heteroatoms. The van der Waals surface area contributed by atoms with Crippen molar-refractivity contribution in [2.45, 2.75) is 101 Å². The zero-order chi connectivity index (χ0) is 17.5. The highest BCUT2D eigenvalue weighted by Gasteiger charge is 2.26. The molecule has 0 saturated heterocycles. The summed E-state index contributed by atoms with van der Waals surface area (Å²) < 4.78 is 0. The van der Waals surface area contributed by atoms with Crippen LogP contribution in [0, 0.1) is 40.9 Å². The molecule has 0 aromatic rings. The monoisotopic (exact) mass is 310 g/mol. The Balaban J connectivity index is 4.28. The van der Waals surface area contributed by atoms with Gasteiger partial charge in [0.1, 0.15) is 0 Å². The molecule has 0 bridgehead atoms. The topological polar surface area (TPSA) is 0 Å². The molecule has 0 N–H and O–H groups in total. The van der Waals surface area contributed by atoms with E-state index in [4.69, 9.17) is 0 Å². The molecule has 134 valence electrons. The van der Waals surface area contributed by atoms with Crippen LogP contribution in [0.1, 0.15) is 101 Å². The van der Waals surface area contributed by atoms with Crippen molar-refractivity contribution in [2.75, 3.05) is 0 Å². The van der Waals surface area contributed by atoms with E-state index in [1.165, 1.54) is 32.1 Å².